The molecule has 1 fully saturated rings. The third kappa shape index (κ3) is 3.40. The van der Waals surface area contributed by atoms with Crippen LogP contribution in [-0.2, 0) is 11.2 Å². The van der Waals surface area contributed by atoms with Gasteiger partial charge in [-0.05, 0) is 42.7 Å². The topological polar surface area (TPSA) is 46.3 Å². The van der Waals surface area contributed by atoms with E-state index in [1.165, 1.54) is 12.1 Å². The highest BCUT2D eigenvalue weighted by Crippen LogP contribution is 2.30. The normalized spacial score (nSPS) is 15.6. The molecule has 2 heterocycles. The maximum Gasteiger partial charge on any atom is 0.226 e. The van der Waals surface area contributed by atoms with E-state index in [0.29, 0.717) is 18.7 Å². The second-order valence-corrected chi connectivity index (χ2v) is 6.48. The first kappa shape index (κ1) is 15.8. The van der Waals surface area contributed by atoms with Crippen molar-refractivity contribution in [3.63, 3.8) is 0 Å². The number of fused-ring (bicyclic) bond motifs is 1. The molecule has 1 aliphatic rings. The Morgan fingerprint density at radius 2 is 1.96 bits per heavy atom. The van der Waals surface area contributed by atoms with Crippen molar-refractivity contribution in [2.75, 3.05) is 13.1 Å². The lowest BCUT2D eigenvalue weighted by Gasteiger charge is -2.30. The number of benzene rings is 2. The molecule has 0 saturated carbocycles. The van der Waals surface area contributed by atoms with Crippen molar-refractivity contribution in [2.45, 2.75) is 25.2 Å². The number of amides is 1. The number of carbonyl (C=O) groups is 1. The summed E-state index contributed by atoms with van der Waals surface area (Å²) in [5.74, 6) is 0.741. The number of carbonyl (C=O) groups excluding carboxylic acids is 1. The average molecular weight is 338 g/mol. The summed E-state index contributed by atoms with van der Waals surface area (Å²) < 4.78 is 19.1. The minimum absolute atomic E-state index is 0.0432. The summed E-state index contributed by atoms with van der Waals surface area (Å²) in [5.41, 5.74) is 2.40. The van der Waals surface area contributed by atoms with Crippen LogP contribution in [0.25, 0.3) is 11.1 Å². The van der Waals surface area contributed by atoms with Gasteiger partial charge in [0, 0.05) is 19.0 Å². The molecule has 4 rings (SSSR count). The van der Waals surface area contributed by atoms with Gasteiger partial charge in [0.2, 0.25) is 5.91 Å². The fourth-order valence-electron chi connectivity index (χ4n) is 3.37. The van der Waals surface area contributed by atoms with E-state index in [2.05, 4.69) is 4.98 Å². The minimum atomic E-state index is -0.306. The van der Waals surface area contributed by atoms with E-state index < -0.39 is 0 Å². The number of aromatic nitrogens is 1. The highest BCUT2D eigenvalue weighted by molar-refractivity contribution is 5.79. The molecule has 1 saturated heterocycles. The van der Waals surface area contributed by atoms with Crippen LogP contribution in [0.5, 0.6) is 0 Å². The second kappa shape index (κ2) is 6.67. The molecule has 1 aliphatic heterocycles. The van der Waals surface area contributed by atoms with Crippen LogP contribution in [0, 0.1) is 5.82 Å². The van der Waals surface area contributed by atoms with Crippen molar-refractivity contribution in [1.29, 1.82) is 0 Å². The predicted octanol–water partition coefficient (Wildman–Crippen LogP) is 3.92. The first-order valence-electron chi connectivity index (χ1n) is 8.57. The highest BCUT2D eigenvalue weighted by atomic mass is 19.1. The first-order valence-corrected chi connectivity index (χ1v) is 8.57. The summed E-state index contributed by atoms with van der Waals surface area (Å²) in [6.45, 7) is 1.36. The second-order valence-electron chi connectivity index (χ2n) is 6.48. The molecule has 1 amide bonds. The number of hydrogen-bond donors (Lipinski definition) is 0. The number of halogens is 1. The lowest BCUT2D eigenvalue weighted by Crippen LogP contribution is -2.38. The molecule has 0 radical (unpaired) electrons. The Labute approximate surface area is 145 Å². The quantitative estimate of drug-likeness (QED) is 0.727. The van der Waals surface area contributed by atoms with Crippen molar-refractivity contribution in [3.8, 4) is 0 Å². The van der Waals surface area contributed by atoms with E-state index in [4.69, 9.17) is 4.42 Å². The minimum Gasteiger partial charge on any atom is -0.440 e. The molecule has 0 aliphatic carbocycles. The van der Waals surface area contributed by atoms with Crippen LogP contribution in [0.4, 0.5) is 4.39 Å². The fourth-order valence-corrected chi connectivity index (χ4v) is 3.37. The standard InChI is InChI=1S/C20H19FN2O2/c21-16-5-3-4-14(12-16)13-19(24)23-10-8-15(9-11-23)20-22-17-6-1-2-7-18(17)25-20/h1-7,12,15H,8-11,13H2. The third-order valence-corrected chi connectivity index (χ3v) is 4.75. The van der Waals surface area contributed by atoms with Crippen LogP contribution >= 0.6 is 0 Å². The van der Waals surface area contributed by atoms with E-state index in [9.17, 15) is 9.18 Å². The number of oxazole rings is 1. The van der Waals surface area contributed by atoms with E-state index >= 15 is 0 Å². The molecule has 1 aromatic heterocycles. The van der Waals surface area contributed by atoms with Crippen LogP contribution in [0.15, 0.2) is 52.9 Å². The number of nitrogens with zero attached hydrogens (tertiary/aromatic N) is 2. The van der Waals surface area contributed by atoms with Crippen LogP contribution in [-0.4, -0.2) is 28.9 Å². The van der Waals surface area contributed by atoms with Crippen LogP contribution in [0.1, 0.15) is 30.2 Å². The zero-order chi connectivity index (χ0) is 17.2. The summed E-state index contributed by atoms with van der Waals surface area (Å²) in [4.78, 5) is 18.9. The molecule has 5 heteroatoms. The Kier molecular flexibility index (Phi) is 4.22. The van der Waals surface area contributed by atoms with Gasteiger partial charge in [-0.3, -0.25) is 4.79 Å². The van der Waals surface area contributed by atoms with Gasteiger partial charge in [0.1, 0.15) is 11.3 Å². The van der Waals surface area contributed by atoms with Gasteiger partial charge in [0.05, 0.1) is 6.42 Å². The lowest BCUT2D eigenvalue weighted by atomic mass is 9.96. The lowest BCUT2D eigenvalue weighted by molar-refractivity contribution is -0.131. The molecule has 0 N–H and O–H groups in total. The molecule has 0 atom stereocenters. The van der Waals surface area contributed by atoms with Crippen molar-refractivity contribution < 1.29 is 13.6 Å². The number of piperidine rings is 1. The largest absolute Gasteiger partial charge is 0.440 e. The Balaban J connectivity index is 1.38. The summed E-state index contributed by atoms with van der Waals surface area (Å²) in [6.07, 6.45) is 1.91. The Hall–Kier alpha value is -2.69. The van der Waals surface area contributed by atoms with Gasteiger partial charge in [0.15, 0.2) is 11.5 Å². The van der Waals surface area contributed by atoms with Gasteiger partial charge < -0.3 is 9.32 Å². The Morgan fingerprint density at radius 3 is 2.72 bits per heavy atom. The molecule has 4 nitrogen and oxygen atoms in total. The van der Waals surface area contributed by atoms with Crippen molar-refractivity contribution >= 4 is 17.0 Å². The third-order valence-electron chi connectivity index (χ3n) is 4.75. The van der Waals surface area contributed by atoms with Crippen LogP contribution in [0.3, 0.4) is 0 Å². The number of rotatable bonds is 3. The number of para-hydroxylation sites is 2. The molecule has 0 spiro atoms. The van der Waals surface area contributed by atoms with Crippen molar-refractivity contribution in [1.82, 2.24) is 9.88 Å². The SMILES string of the molecule is O=C(Cc1cccc(F)c1)N1CCC(c2nc3ccccc3o2)CC1. The molecule has 0 unspecified atom stereocenters. The zero-order valence-corrected chi connectivity index (χ0v) is 13.8. The van der Waals surface area contributed by atoms with Crippen LogP contribution < -0.4 is 0 Å². The maximum atomic E-state index is 13.2. The van der Waals surface area contributed by atoms with Gasteiger partial charge in [-0.1, -0.05) is 24.3 Å². The highest BCUT2D eigenvalue weighted by Gasteiger charge is 2.27. The molecule has 25 heavy (non-hydrogen) atoms. The average Bonchev–Trinajstić information content (AvgIpc) is 3.06. The van der Waals surface area contributed by atoms with Gasteiger partial charge in [0.25, 0.3) is 0 Å². The zero-order valence-electron chi connectivity index (χ0n) is 13.8. The van der Waals surface area contributed by atoms with Gasteiger partial charge >= 0.3 is 0 Å². The fraction of sp³-hybridized carbons (Fsp3) is 0.300. The smallest absolute Gasteiger partial charge is 0.226 e. The van der Waals surface area contributed by atoms with Crippen molar-refractivity contribution in [3.05, 3.63) is 65.8 Å². The molecular formula is C20H19FN2O2. The predicted molar refractivity (Wildman–Crippen MR) is 92.7 cm³/mol. The summed E-state index contributed by atoms with van der Waals surface area (Å²) in [7, 11) is 0. The Bertz CT molecular complexity index is 864. The van der Waals surface area contributed by atoms with E-state index in [0.717, 1.165) is 29.8 Å². The summed E-state index contributed by atoms with van der Waals surface area (Å²) in [5, 5.41) is 0. The summed E-state index contributed by atoms with van der Waals surface area (Å²) in [6, 6.07) is 14.0. The molecule has 3 aromatic rings. The Morgan fingerprint density at radius 1 is 1.16 bits per heavy atom. The monoisotopic (exact) mass is 338 g/mol. The van der Waals surface area contributed by atoms with Gasteiger partial charge in [-0.25, -0.2) is 9.37 Å². The first-order chi connectivity index (χ1) is 12.2. The molecule has 0 bridgehead atoms. The summed E-state index contributed by atoms with van der Waals surface area (Å²) >= 11 is 0. The maximum absolute atomic E-state index is 13.2. The van der Waals surface area contributed by atoms with E-state index in [1.807, 2.05) is 29.2 Å². The van der Waals surface area contributed by atoms with Crippen LogP contribution in [0.2, 0.25) is 0 Å². The van der Waals surface area contributed by atoms with E-state index in [1.54, 1.807) is 12.1 Å². The van der Waals surface area contributed by atoms with Crippen molar-refractivity contribution in [2.24, 2.45) is 0 Å². The van der Waals surface area contributed by atoms with Gasteiger partial charge in [-0.2, -0.15) is 0 Å². The number of likely N-dealkylation sites (tertiary alicyclic amines) is 1. The molecule has 128 valence electrons. The van der Waals surface area contributed by atoms with Gasteiger partial charge in [-0.15, -0.1) is 0 Å². The van der Waals surface area contributed by atoms with E-state index in [-0.39, 0.29) is 24.1 Å². The molecular weight excluding hydrogens is 319 g/mol. The number of hydrogen-bond acceptors (Lipinski definition) is 3. The molecule has 2 aromatic carbocycles.